The predicted octanol–water partition coefficient (Wildman–Crippen LogP) is 1.01. The molecular formula is C12H9NO3. The largest absolute Gasteiger partial charge is 0.481 e. The molecule has 0 aromatic heterocycles. The molecule has 1 aliphatic heterocycles. The lowest BCUT2D eigenvalue weighted by atomic mass is 10.1. The van der Waals surface area contributed by atoms with E-state index in [0.29, 0.717) is 12.0 Å². The molecule has 0 spiro atoms. The number of benzene rings is 1. The van der Waals surface area contributed by atoms with E-state index in [1.54, 1.807) is 12.1 Å². The number of hydrogen-bond acceptors (Lipinski definition) is 2. The molecule has 0 aliphatic carbocycles. The van der Waals surface area contributed by atoms with E-state index in [4.69, 9.17) is 5.11 Å². The normalized spacial score (nSPS) is 12.4. The third kappa shape index (κ3) is 2.20. The molecule has 1 heterocycles. The van der Waals surface area contributed by atoms with E-state index in [1.165, 1.54) is 0 Å². The van der Waals surface area contributed by atoms with Crippen LogP contribution in [0.25, 0.3) is 0 Å². The fourth-order valence-corrected chi connectivity index (χ4v) is 1.51. The second kappa shape index (κ2) is 4.07. The number of anilines is 1. The van der Waals surface area contributed by atoms with Crippen LogP contribution in [-0.4, -0.2) is 17.0 Å². The summed E-state index contributed by atoms with van der Waals surface area (Å²) >= 11 is 0. The van der Waals surface area contributed by atoms with Crippen LogP contribution < -0.4 is 5.32 Å². The van der Waals surface area contributed by atoms with Gasteiger partial charge < -0.3 is 10.4 Å². The molecule has 0 atom stereocenters. The lowest BCUT2D eigenvalue weighted by Crippen LogP contribution is -2.03. The first-order valence-electron chi connectivity index (χ1n) is 4.78. The quantitative estimate of drug-likeness (QED) is 0.687. The van der Waals surface area contributed by atoms with Gasteiger partial charge in [-0.1, -0.05) is 17.9 Å². The summed E-state index contributed by atoms with van der Waals surface area (Å²) < 4.78 is 0. The van der Waals surface area contributed by atoms with Gasteiger partial charge in [-0.05, 0) is 17.7 Å². The van der Waals surface area contributed by atoms with E-state index < -0.39 is 5.97 Å². The minimum atomic E-state index is -0.943. The highest BCUT2D eigenvalue weighted by molar-refractivity contribution is 5.99. The van der Waals surface area contributed by atoms with Gasteiger partial charge in [-0.25, -0.2) is 0 Å². The number of nitrogens with one attached hydrogen (secondary N) is 1. The van der Waals surface area contributed by atoms with Crippen LogP contribution in [0.3, 0.4) is 0 Å². The summed E-state index contributed by atoms with van der Waals surface area (Å²) in [6, 6.07) is 5.38. The Balaban J connectivity index is 2.18. The Morgan fingerprint density at radius 3 is 3.06 bits per heavy atom. The zero-order valence-electron chi connectivity index (χ0n) is 8.41. The molecule has 1 amide bonds. The molecule has 16 heavy (non-hydrogen) atoms. The molecule has 0 bridgehead atoms. The molecule has 0 radical (unpaired) electrons. The van der Waals surface area contributed by atoms with E-state index in [9.17, 15) is 9.59 Å². The number of aliphatic carboxylic acids is 1. The third-order valence-corrected chi connectivity index (χ3v) is 2.21. The van der Waals surface area contributed by atoms with Crippen molar-refractivity contribution in [3.63, 3.8) is 0 Å². The molecule has 80 valence electrons. The van der Waals surface area contributed by atoms with Gasteiger partial charge in [-0.15, -0.1) is 0 Å². The summed E-state index contributed by atoms with van der Waals surface area (Å²) in [5.74, 6) is 4.31. The zero-order valence-corrected chi connectivity index (χ0v) is 8.41. The average molecular weight is 215 g/mol. The van der Waals surface area contributed by atoms with Gasteiger partial charge in [-0.3, -0.25) is 9.59 Å². The smallest absolute Gasteiger partial charge is 0.315 e. The topological polar surface area (TPSA) is 66.4 Å². The Labute approximate surface area is 92.3 Å². The van der Waals surface area contributed by atoms with E-state index in [1.807, 2.05) is 6.07 Å². The highest BCUT2D eigenvalue weighted by Crippen LogP contribution is 2.23. The fourth-order valence-electron chi connectivity index (χ4n) is 1.51. The van der Waals surface area contributed by atoms with Crippen LogP contribution in [0, 0.1) is 11.8 Å². The number of hydrogen-bond donors (Lipinski definition) is 2. The number of amides is 1. The summed E-state index contributed by atoms with van der Waals surface area (Å²) in [5.41, 5.74) is 2.43. The lowest BCUT2D eigenvalue weighted by Gasteiger charge is -1.97. The molecule has 4 nitrogen and oxygen atoms in total. The standard InChI is InChI=1S/C12H9NO3/c14-11-7-9-5-4-8(6-10(9)13-11)2-1-3-12(15)16/h4-6H,3,7H2,(H,13,14)(H,15,16). The number of carboxylic acid groups (broad SMARTS) is 1. The monoisotopic (exact) mass is 215 g/mol. The van der Waals surface area contributed by atoms with E-state index in [2.05, 4.69) is 17.2 Å². The Morgan fingerprint density at radius 1 is 1.50 bits per heavy atom. The van der Waals surface area contributed by atoms with Crippen molar-refractivity contribution in [1.29, 1.82) is 0 Å². The number of carbonyl (C=O) groups excluding carboxylic acids is 1. The van der Waals surface area contributed by atoms with E-state index >= 15 is 0 Å². The molecule has 0 unspecified atom stereocenters. The van der Waals surface area contributed by atoms with Crippen LogP contribution in [0.4, 0.5) is 5.69 Å². The summed E-state index contributed by atoms with van der Waals surface area (Å²) in [6.07, 6.45) is 0.224. The fraction of sp³-hybridized carbons (Fsp3) is 0.167. The Bertz CT molecular complexity index is 523. The van der Waals surface area contributed by atoms with Crippen LogP contribution in [-0.2, 0) is 16.0 Å². The van der Waals surface area contributed by atoms with Crippen LogP contribution >= 0.6 is 0 Å². The highest BCUT2D eigenvalue weighted by Gasteiger charge is 2.16. The summed E-state index contributed by atoms with van der Waals surface area (Å²) in [7, 11) is 0. The molecule has 2 N–H and O–H groups in total. The highest BCUT2D eigenvalue weighted by atomic mass is 16.4. The number of fused-ring (bicyclic) bond motifs is 1. The maximum atomic E-state index is 11.1. The maximum absolute atomic E-state index is 11.1. The first-order chi connectivity index (χ1) is 7.65. The Kier molecular flexibility index (Phi) is 2.61. The Morgan fingerprint density at radius 2 is 2.31 bits per heavy atom. The van der Waals surface area contributed by atoms with Gasteiger partial charge in [-0.2, -0.15) is 0 Å². The number of carbonyl (C=O) groups is 2. The van der Waals surface area contributed by atoms with Crippen molar-refractivity contribution < 1.29 is 14.7 Å². The van der Waals surface area contributed by atoms with Crippen molar-refractivity contribution in [3.8, 4) is 11.8 Å². The lowest BCUT2D eigenvalue weighted by molar-refractivity contribution is -0.135. The van der Waals surface area contributed by atoms with Gasteiger partial charge in [0.2, 0.25) is 5.91 Å². The summed E-state index contributed by atoms with van der Waals surface area (Å²) in [4.78, 5) is 21.4. The number of rotatable bonds is 1. The van der Waals surface area contributed by atoms with Gasteiger partial charge >= 0.3 is 5.97 Å². The Hall–Kier alpha value is -2.28. The molecule has 1 aromatic rings. The average Bonchev–Trinajstić information content (AvgIpc) is 2.56. The summed E-state index contributed by atoms with van der Waals surface area (Å²) in [5, 5.41) is 11.1. The third-order valence-electron chi connectivity index (χ3n) is 2.21. The molecule has 0 saturated heterocycles. The van der Waals surface area contributed by atoms with Crippen molar-refractivity contribution in [2.24, 2.45) is 0 Å². The van der Waals surface area contributed by atoms with Gasteiger partial charge in [0.15, 0.2) is 0 Å². The van der Waals surface area contributed by atoms with Crippen LogP contribution in [0.2, 0.25) is 0 Å². The van der Waals surface area contributed by atoms with E-state index in [-0.39, 0.29) is 12.3 Å². The minimum absolute atomic E-state index is 0.0226. The van der Waals surface area contributed by atoms with Crippen molar-refractivity contribution in [2.45, 2.75) is 12.8 Å². The predicted molar refractivity (Wildman–Crippen MR) is 57.9 cm³/mol. The molecule has 4 heteroatoms. The van der Waals surface area contributed by atoms with Crippen LogP contribution in [0.5, 0.6) is 0 Å². The second-order valence-corrected chi connectivity index (χ2v) is 3.47. The number of carboxylic acids is 1. The van der Waals surface area contributed by atoms with Crippen molar-refractivity contribution >= 4 is 17.6 Å². The van der Waals surface area contributed by atoms with Crippen molar-refractivity contribution in [3.05, 3.63) is 29.3 Å². The molecule has 1 aliphatic rings. The van der Waals surface area contributed by atoms with Gasteiger partial charge in [0.25, 0.3) is 0 Å². The first kappa shape index (κ1) is 10.2. The van der Waals surface area contributed by atoms with Gasteiger partial charge in [0, 0.05) is 11.3 Å². The van der Waals surface area contributed by atoms with Crippen molar-refractivity contribution in [2.75, 3.05) is 5.32 Å². The van der Waals surface area contributed by atoms with E-state index in [0.717, 1.165) is 11.3 Å². The minimum Gasteiger partial charge on any atom is -0.481 e. The summed E-state index contributed by atoms with van der Waals surface area (Å²) in [6.45, 7) is 0. The molecule has 2 rings (SSSR count). The maximum Gasteiger partial charge on any atom is 0.315 e. The molecule has 0 fully saturated rings. The van der Waals surface area contributed by atoms with Crippen molar-refractivity contribution in [1.82, 2.24) is 0 Å². The zero-order chi connectivity index (χ0) is 11.5. The first-order valence-corrected chi connectivity index (χ1v) is 4.78. The molecular weight excluding hydrogens is 206 g/mol. The second-order valence-electron chi connectivity index (χ2n) is 3.47. The molecule has 1 aromatic carbocycles. The van der Waals surface area contributed by atoms with Crippen LogP contribution in [0.15, 0.2) is 18.2 Å². The van der Waals surface area contributed by atoms with Gasteiger partial charge in [0.1, 0.15) is 6.42 Å². The molecule has 0 saturated carbocycles. The van der Waals surface area contributed by atoms with Crippen LogP contribution in [0.1, 0.15) is 17.5 Å². The van der Waals surface area contributed by atoms with Gasteiger partial charge in [0.05, 0.1) is 6.42 Å². The SMILES string of the molecule is O=C(O)CC#Cc1ccc2c(c1)NC(=O)C2.